The van der Waals surface area contributed by atoms with Crippen LogP contribution in [0.5, 0.6) is 5.75 Å². The molecule has 0 aliphatic carbocycles. The number of amides is 1. The number of carbonyl (C=O) groups is 1. The number of rotatable bonds is 4. The highest BCUT2D eigenvalue weighted by molar-refractivity contribution is 5.82. The van der Waals surface area contributed by atoms with Gasteiger partial charge in [0.1, 0.15) is 12.4 Å². The maximum absolute atomic E-state index is 12.5. The molecule has 1 fully saturated rings. The van der Waals surface area contributed by atoms with Gasteiger partial charge in [-0.05, 0) is 32.4 Å². The summed E-state index contributed by atoms with van der Waals surface area (Å²) in [7, 11) is 0. The molecule has 1 aromatic carbocycles. The summed E-state index contributed by atoms with van der Waals surface area (Å²) in [6.07, 6.45) is 0. The number of nitrogens with zero attached hydrogens (tertiary/aromatic N) is 1. The molecular formula is C16H24N2O2. The summed E-state index contributed by atoms with van der Waals surface area (Å²) in [6, 6.07) is 7.90. The van der Waals surface area contributed by atoms with Gasteiger partial charge in [-0.15, -0.1) is 0 Å². The minimum atomic E-state index is -0.500. The van der Waals surface area contributed by atoms with Crippen molar-refractivity contribution >= 4 is 5.91 Å². The molecule has 1 aromatic rings. The number of ether oxygens (including phenoxy) is 1. The number of hydrogen-bond acceptors (Lipinski definition) is 3. The van der Waals surface area contributed by atoms with Crippen LogP contribution < -0.4 is 10.1 Å². The van der Waals surface area contributed by atoms with Crippen LogP contribution in [0.15, 0.2) is 24.3 Å². The zero-order valence-electron chi connectivity index (χ0n) is 12.6. The molecular weight excluding hydrogens is 252 g/mol. The van der Waals surface area contributed by atoms with E-state index in [4.69, 9.17) is 4.74 Å². The van der Waals surface area contributed by atoms with Gasteiger partial charge >= 0.3 is 0 Å². The summed E-state index contributed by atoms with van der Waals surface area (Å²) >= 11 is 0. The minimum absolute atomic E-state index is 0.174. The van der Waals surface area contributed by atoms with Crippen molar-refractivity contribution in [2.75, 3.05) is 32.8 Å². The highest BCUT2D eigenvalue weighted by Gasteiger charge is 2.33. The summed E-state index contributed by atoms with van der Waals surface area (Å²) < 4.78 is 5.85. The standard InChI is InChI=1S/C16H24N2O2/c1-13-6-4-5-7-14(13)20-12-16(2,3)15(19)18-10-8-17-9-11-18/h4-7,17H,8-12H2,1-3H3. The lowest BCUT2D eigenvalue weighted by atomic mass is 9.92. The van der Waals surface area contributed by atoms with Crippen molar-refractivity contribution in [3.8, 4) is 5.75 Å². The summed E-state index contributed by atoms with van der Waals surface area (Å²) in [5, 5.41) is 3.26. The molecule has 0 aromatic heterocycles. The van der Waals surface area contributed by atoms with Crippen molar-refractivity contribution in [3.63, 3.8) is 0 Å². The van der Waals surface area contributed by atoms with Crippen LogP contribution in [0.1, 0.15) is 19.4 Å². The van der Waals surface area contributed by atoms with Gasteiger partial charge in [0.25, 0.3) is 0 Å². The summed E-state index contributed by atoms with van der Waals surface area (Å²) in [5.74, 6) is 1.03. The van der Waals surface area contributed by atoms with Crippen molar-refractivity contribution in [2.45, 2.75) is 20.8 Å². The maximum atomic E-state index is 12.5. The number of benzene rings is 1. The monoisotopic (exact) mass is 276 g/mol. The first-order chi connectivity index (χ1) is 9.50. The number of hydrogen-bond donors (Lipinski definition) is 1. The quantitative estimate of drug-likeness (QED) is 0.912. The van der Waals surface area contributed by atoms with E-state index in [0.717, 1.165) is 37.5 Å². The van der Waals surface area contributed by atoms with Gasteiger partial charge in [0.15, 0.2) is 0 Å². The summed E-state index contributed by atoms with van der Waals surface area (Å²) in [4.78, 5) is 14.5. The van der Waals surface area contributed by atoms with E-state index in [1.165, 1.54) is 0 Å². The minimum Gasteiger partial charge on any atom is -0.492 e. The Hall–Kier alpha value is -1.55. The van der Waals surface area contributed by atoms with E-state index in [1.54, 1.807) is 0 Å². The van der Waals surface area contributed by atoms with Crippen molar-refractivity contribution in [1.29, 1.82) is 0 Å². The molecule has 0 radical (unpaired) electrons. The van der Waals surface area contributed by atoms with E-state index < -0.39 is 5.41 Å². The van der Waals surface area contributed by atoms with Crippen molar-refractivity contribution in [3.05, 3.63) is 29.8 Å². The highest BCUT2D eigenvalue weighted by atomic mass is 16.5. The van der Waals surface area contributed by atoms with E-state index in [0.29, 0.717) is 6.61 Å². The van der Waals surface area contributed by atoms with Gasteiger partial charge < -0.3 is 15.0 Å². The molecule has 0 atom stereocenters. The normalized spacial score (nSPS) is 16.1. The van der Waals surface area contributed by atoms with Crippen LogP contribution >= 0.6 is 0 Å². The Morgan fingerprint density at radius 3 is 2.60 bits per heavy atom. The first kappa shape index (κ1) is 14.9. The van der Waals surface area contributed by atoms with E-state index in [1.807, 2.05) is 49.9 Å². The van der Waals surface area contributed by atoms with Gasteiger partial charge in [-0.3, -0.25) is 4.79 Å². The fraction of sp³-hybridized carbons (Fsp3) is 0.562. The molecule has 1 N–H and O–H groups in total. The number of para-hydroxylation sites is 1. The predicted molar refractivity (Wildman–Crippen MR) is 79.9 cm³/mol. The Kier molecular flexibility index (Phi) is 4.65. The number of aryl methyl sites for hydroxylation is 1. The highest BCUT2D eigenvalue weighted by Crippen LogP contribution is 2.23. The van der Waals surface area contributed by atoms with Gasteiger partial charge in [-0.2, -0.15) is 0 Å². The lowest BCUT2D eigenvalue weighted by Crippen LogP contribution is -2.51. The van der Waals surface area contributed by atoms with Gasteiger partial charge in [0.2, 0.25) is 5.91 Å². The summed E-state index contributed by atoms with van der Waals surface area (Å²) in [6.45, 7) is 9.65. The molecule has 1 aliphatic rings. The maximum Gasteiger partial charge on any atom is 0.231 e. The molecule has 0 spiro atoms. The average Bonchev–Trinajstić information content (AvgIpc) is 2.46. The molecule has 0 unspecified atom stereocenters. The van der Waals surface area contributed by atoms with Crippen LogP contribution in [0.4, 0.5) is 0 Å². The largest absolute Gasteiger partial charge is 0.492 e. The molecule has 110 valence electrons. The first-order valence-electron chi connectivity index (χ1n) is 7.19. The Labute approximate surface area is 121 Å². The van der Waals surface area contributed by atoms with Crippen molar-refractivity contribution in [1.82, 2.24) is 10.2 Å². The predicted octanol–water partition coefficient (Wildman–Crippen LogP) is 1.83. The Morgan fingerprint density at radius 2 is 1.95 bits per heavy atom. The second-order valence-corrected chi connectivity index (χ2v) is 5.98. The van der Waals surface area contributed by atoms with Gasteiger partial charge in [-0.1, -0.05) is 18.2 Å². The average molecular weight is 276 g/mol. The van der Waals surface area contributed by atoms with Crippen LogP contribution in [0, 0.1) is 12.3 Å². The molecule has 1 saturated heterocycles. The van der Waals surface area contributed by atoms with Gasteiger partial charge in [0, 0.05) is 26.2 Å². The third-order valence-electron chi connectivity index (χ3n) is 3.67. The smallest absolute Gasteiger partial charge is 0.231 e. The van der Waals surface area contributed by atoms with E-state index in [-0.39, 0.29) is 5.91 Å². The molecule has 2 rings (SSSR count). The Morgan fingerprint density at radius 1 is 1.30 bits per heavy atom. The zero-order chi connectivity index (χ0) is 14.6. The lowest BCUT2D eigenvalue weighted by Gasteiger charge is -2.34. The van der Waals surface area contributed by atoms with E-state index >= 15 is 0 Å². The zero-order valence-corrected chi connectivity index (χ0v) is 12.6. The van der Waals surface area contributed by atoms with E-state index in [2.05, 4.69) is 5.32 Å². The molecule has 1 heterocycles. The fourth-order valence-corrected chi connectivity index (χ4v) is 2.33. The van der Waals surface area contributed by atoms with Gasteiger partial charge in [0.05, 0.1) is 5.41 Å². The molecule has 1 amide bonds. The van der Waals surface area contributed by atoms with E-state index in [9.17, 15) is 4.79 Å². The molecule has 0 bridgehead atoms. The third-order valence-corrected chi connectivity index (χ3v) is 3.67. The van der Waals surface area contributed by atoms with Gasteiger partial charge in [-0.25, -0.2) is 0 Å². The van der Waals surface area contributed by atoms with Crippen LogP contribution in [0.3, 0.4) is 0 Å². The summed E-state index contributed by atoms with van der Waals surface area (Å²) in [5.41, 5.74) is 0.595. The SMILES string of the molecule is Cc1ccccc1OCC(C)(C)C(=O)N1CCNCC1. The van der Waals surface area contributed by atoms with Crippen molar-refractivity contribution in [2.24, 2.45) is 5.41 Å². The second-order valence-electron chi connectivity index (χ2n) is 5.98. The number of nitrogens with one attached hydrogen (secondary N) is 1. The lowest BCUT2D eigenvalue weighted by molar-refractivity contribution is -0.142. The number of carbonyl (C=O) groups excluding carboxylic acids is 1. The third kappa shape index (κ3) is 3.51. The molecule has 4 heteroatoms. The number of piperazine rings is 1. The topological polar surface area (TPSA) is 41.6 Å². The molecule has 1 aliphatic heterocycles. The fourth-order valence-electron chi connectivity index (χ4n) is 2.33. The molecule has 4 nitrogen and oxygen atoms in total. The Balaban J connectivity index is 1.96. The second kappa shape index (κ2) is 6.27. The van der Waals surface area contributed by atoms with Crippen LogP contribution in [-0.4, -0.2) is 43.6 Å². The van der Waals surface area contributed by atoms with Crippen LogP contribution in [0.25, 0.3) is 0 Å². The molecule has 0 saturated carbocycles. The first-order valence-corrected chi connectivity index (χ1v) is 7.19. The van der Waals surface area contributed by atoms with Crippen LogP contribution in [0.2, 0.25) is 0 Å². The van der Waals surface area contributed by atoms with Crippen molar-refractivity contribution < 1.29 is 9.53 Å². The molecule has 20 heavy (non-hydrogen) atoms. The van der Waals surface area contributed by atoms with Crippen LogP contribution in [-0.2, 0) is 4.79 Å². The Bertz CT molecular complexity index is 465.